The van der Waals surface area contributed by atoms with Crippen molar-refractivity contribution < 1.29 is 9.53 Å². The van der Waals surface area contributed by atoms with E-state index in [-0.39, 0.29) is 48.2 Å². The molecule has 1 aromatic rings. The zero-order valence-electron chi connectivity index (χ0n) is 13.7. The van der Waals surface area contributed by atoms with E-state index in [1.54, 1.807) is 6.20 Å². The van der Waals surface area contributed by atoms with Crippen LogP contribution in [-0.4, -0.2) is 33.7 Å². The topological polar surface area (TPSA) is 82.2 Å². The lowest BCUT2D eigenvalue weighted by Gasteiger charge is -2.65. The summed E-state index contributed by atoms with van der Waals surface area (Å²) in [5.41, 5.74) is 5.34. The van der Waals surface area contributed by atoms with Gasteiger partial charge in [0.15, 0.2) is 0 Å². The van der Waals surface area contributed by atoms with E-state index in [4.69, 9.17) is 10.5 Å². The van der Waals surface area contributed by atoms with E-state index < -0.39 is 5.54 Å². The Hall–Kier alpha value is -0.820. The SMILES string of the molecule is Cl.Cl.Cn1ccnc1CNC(=O)C1(N)C2CCCOC2C1(C)C. The van der Waals surface area contributed by atoms with E-state index >= 15 is 0 Å². The standard InChI is InChI=1S/C15H24N4O2.2ClH/c1-14(2)12-10(5-4-8-21-12)15(14,16)13(20)18-9-11-17-6-7-19(11)3;;/h6-7,10,12H,4-5,8-9,16H2,1-3H3,(H,18,20);2*1H. The number of amides is 1. The van der Waals surface area contributed by atoms with Gasteiger partial charge in [-0.25, -0.2) is 4.98 Å². The number of hydrogen-bond donors (Lipinski definition) is 2. The number of aryl methyl sites for hydroxylation is 1. The van der Waals surface area contributed by atoms with Crippen LogP contribution in [0.2, 0.25) is 0 Å². The molecule has 3 atom stereocenters. The van der Waals surface area contributed by atoms with Crippen molar-refractivity contribution in [1.82, 2.24) is 14.9 Å². The molecule has 2 aliphatic rings. The van der Waals surface area contributed by atoms with Crippen LogP contribution in [0.4, 0.5) is 0 Å². The molecule has 8 heteroatoms. The van der Waals surface area contributed by atoms with Crippen LogP contribution in [0.15, 0.2) is 12.4 Å². The maximum Gasteiger partial charge on any atom is 0.241 e. The Balaban J connectivity index is 0.00000132. The number of imidazole rings is 1. The lowest BCUT2D eigenvalue weighted by atomic mass is 9.46. The van der Waals surface area contributed by atoms with Crippen LogP contribution in [-0.2, 0) is 23.1 Å². The molecule has 1 aliphatic heterocycles. The first-order valence-corrected chi connectivity index (χ1v) is 7.54. The van der Waals surface area contributed by atoms with Crippen molar-refractivity contribution in [3.63, 3.8) is 0 Å². The van der Waals surface area contributed by atoms with Crippen molar-refractivity contribution in [3.8, 4) is 0 Å². The van der Waals surface area contributed by atoms with Crippen LogP contribution in [0, 0.1) is 11.3 Å². The maximum atomic E-state index is 12.7. The fourth-order valence-electron chi connectivity index (χ4n) is 3.91. The van der Waals surface area contributed by atoms with Crippen LogP contribution in [0.3, 0.4) is 0 Å². The lowest BCUT2D eigenvalue weighted by Crippen LogP contribution is -2.82. The minimum absolute atomic E-state index is 0. The number of hydrogen-bond acceptors (Lipinski definition) is 4. The minimum Gasteiger partial charge on any atom is -0.377 e. The monoisotopic (exact) mass is 364 g/mol. The van der Waals surface area contributed by atoms with E-state index in [1.807, 2.05) is 31.7 Å². The molecule has 2 fully saturated rings. The number of aromatic nitrogens is 2. The molecule has 0 radical (unpaired) electrons. The normalized spacial score (nSPS) is 31.0. The predicted octanol–water partition coefficient (Wildman–Crippen LogP) is 1.41. The van der Waals surface area contributed by atoms with E-state index in [2.05, 4.69) is 10.3 Å². The molecule has 3 unspecified atom stereocenters. The number of nitrogens with one attached hydrogen (secondary N) is 1. The van der Waals surface area contributed by atoms with Crippen LogP contribution < -0.4 is 11.1 Å². The Bertz CT molecular complexity index is 563. The van der Waals surface area contributed by atoms with Crippen molar-refractivity contribution in [2.75, 3.05) is 6.61 Å². The molecule has 1 saturated heterocycles. The van der Waals surface area contributed by atoms with E-state index in [1.165, 1.54) is 0 Å². The van der Waals surface area contributed by atoms with E-state index in [9.17, 15) is 4.79 Å². The summed E-state index contributed by atoms with van der Waals surface area (Å²) in [6.45, 7) is 5.23. The van der Waals surface area contributed by atoms with Crippen LogP contribution in [0.5, 0.6) is 0 Å². The molecule has 3 N–H and O–H groups in total. The zero-order chi connectivity index (χ0) is 15.3. The minimum atomic E-state index is -0.858. The highest BCUT2D eigenvalue weighted by molar-refractivity contribution is 5.89. The summed E-state index contributed by atoms with van der Waals surface area (Å²) in [6, 6.07) is 0. The molecule has 0 bridgehead atoms. The second kappa shape index (κ2) is 6.97. The summed E-state index contributed by atoms with van der Waals surface area (Å²) >= 11 is 0. The number of fused-ring (bicyclic) bond motifs is 1. The number of nitrogens with zero attached hydrogens (tertiary/aromatic N) is 2. The fraction of sp³-hybridized carbons (Fsp3) is 0.733. The summed E-state index contributed by atoms with van der Waals surface area (Å²) in [7, 11) is 1.91. The number of ether oxygens (including phenoxy) is 1. The molecule has 1 aliphatic carbocycles. The van der Waals surface area contributed by atoms with Gasteiger partial charge in [-0.3, -0.25) is 4.79 Å². The second-order valence-electron chi connectivity index (χ2n) is 6.77. The van der Waals surface area contributed by atoms with Gasteiger partial charge in [-0.2, -0.15) is 0 Å². The third-order valence-corrected chi connectivity index (χ3v) is 5.39. The predicted molar refractivity (Wildman–Crippen MR) is 92.7 cm³/mol. The number of carbonyl (C=O) groups is 1. The van der Waals surface area contributed by atoms with Gasteiger partial charge in [0.1, 0.15) is 11.4 Å². The first-order chi connectivity index (χ1) is 9.89. The highest BCUT2D eigenvalue weighted by Crippen LogP contribution is 2.57. The van der Waals surface area contributed by atoms with Crippen LogP contribution in [0.25, 0.3) is 0 Å². The summed E-state index contributed by atoms with van der Waals surface area (Å²) < 4.78 is 7.72. The number of carbonyl (C=O) groups excluding carboxylic acids is 1. The highest BCUT2D eigenvalue weighted by Gasteiger charge is 2.70. The number of rotatable bonds is 3. The molecule has 2 heterocycles. The van der Waals surface area contributed by atoms with Gasteiger partial charge in [0.05, 0.1) is 12.6 Å². The third kappa shape index (κ3) is 2.86. The van der Waals surface area contributed by atoms with Gasteiger partial charge in [0, 0.05) is 37.4 Å². The molecule has 1 aromatic heterocycles. The first kappa shape index (κ1) is 20.2. The smallest absolute Gasteiger partial charge is 0.241 e. The van der Waals surface area contributed by atoms with Gasteiger partial charge in [0.25, 0.3) is 0 Å². The van der Waals surface area contributed by atoms with Gasteiger partial charge in [-0.15, -0.1) is 24.8 Å². The molecule has 6 nitrogen and oxygen atoms in total. The number of nitrogens with two attached hydrogens (primary N) is 1. The molecule has 23 heavy (non-hydrogen) atoms. The number of halogens is 2. The van der Waals surface area contributed by atoms with Crippen molar-refractivity contribution in [2.45, 2.75) is 44.9 Å². The van der Waals surface area contributed by atoms with Gasteiger partial charge >= 0.3 is 0 Å². The average molecular weight is 365 g/mol. The van der Waals surface area contributed by atoms with Crippen molar-refractivity contribution >= 4 is 30.7 Å². The molecule has 3 rings (SSSR count). The average Bonchev–Trinajstić information content (AvgIpc) is 2.89. The van der Waals surface area contributed by atoms with Gasteiger partial charge < -0.3 is 20.4 Å². The molecular formula is C15H26Cl2N4O2. The molecular weight excluding hydrogens is 339 g/mol. The Labute approximate surface area is 149 Å². The Kier molecular flexibility index (Phi) is 6.13. The molecule has 0 aromatic carbocycles. The summed E-state index contributed by atoms with van der Waals surface area (Å²) in [6.07, 6.45) is 5.61. The summed E-state index contributed by atoms with van der Waals surface area (Å²) in [5.74, 6) is 0.838. The highest BCUT2D eigenvalue weighted by atomic mass is 35.5. The molecule has 132 valence electrons. The first-order valence-electron chi connectivity index (χ1n) is 7.54. The maximum absolute atomic E-state index is 12.7. The van der Waals surface area contributed by atoms with Gasteiger partial charge in [0.2, 0.25) is 5.91 Å². The zero-order valence-corrected chi connectivity index (χ0v) is 15.4. The van der Waals surface area contributed by atoms with Crippen LogP contribution >= 0.6 is 24.8 Å². The van der Waals surface area contributed by atoms with Gasteiger partial charge in [-0.05, 0) is 12.8 Å². The van der Waals surface area contributed by atoms with Crippen molar-refractivity contribution in [1.29, 1.82) is 0 Å². The largest absolute Gasteiger partial charge is 0.377 e. The summed E-state index contributed by atoms with van der Waals surface area (Å²) in [4.78, 5) is 16.9. The van der Waals surface area contributed by atoms with Crippen molar-refractivity contribution in [3.05, 3.63) is 18.2 Å². The Morgan fingerprint density at radius 2 is 2.22 bits per heavy atom. The summed E-state index contributed by atoms with van der Waals surface area (Å²) in [5, 5.41) is 2.95. The Morgan fingerprint density at radius 1 is 1.52 bits per heavy atom. The van der Waals surface area contributed by atoms with Crippen LogP contribution in [0.1, 0.15) is 32.5 Å². The quantitative estimate of drug-likeness (QED) is 0.849. The van der Waals surface area contributed by atoms with E-state index in [0.29, 0.717) is 6.54 Å². The fourth-order valence-corrected chi connectivity index (χ4v) is 3.91. The van der Waals surface area contributed by atoms with E-state index in [0.717, 1.165) is 25.3 Å². The third-order valence-electron chi connectivity index (χ3n) is 5.39. The second-order valence-corrected chi connectivity index (χ2v) is 6.77. The van der Waals surface area contributed by atoms with Crippen molar-refractivity contribution in [2.24, 2.45) is 24.1 Å². The molecule has 1 saturated carbocycles. The Morgan fingerprint density at radius 3 is 2.83 bits per heavy atom. The molecule has 1 amide bonds. The lowest BCUT2D eigenvalue weighted by molar-refractivity contribution is -0.225. The van der Waals surface area contributed by atoms with Gasteiger partial charge in [-0.1, -0.05) is 13.8 Å². The molecule has 0 spiro atoms.